The number of hydrogen-bond donors (Lipinski definition) is 0. The fraction of sp³-hybridized carbons (Fsp3) is 0.875. The fourth-order valence-electron chi connectivity index (χ4n) is 2.00. The van der Waals surface area contributed by atoms with E-state index in [4.69, 9.17) is 9.47 Å². The van der Waals surface area contributed by atoms with Crippen molar-refractivity contribution in [1.82, 2.24) is 0 Å². The maximum Gasteiger partial charge on any atom is 0.309 e. The molecule has 0 aromatic heterocycles. The highest BCUT2D eigenvalue weighted by atomic mass is 127. The van der Waals surface area contributed by atoms with Gasteiger partial charge in [0.15, 0.2) is 0 Å². The molecule has 3 nitrogen and oxygen atoms in total. The fourth-order valence-corrected chi connectivity index (χ4v) is 2.84. The predicted octanol–water partition coefficient (Wildman–Crippen LogP) is 0.998. The van der Waals surface area contributed by atoms with Crippen molar-refractivity contribution in [2.75, 3.05) is 11.0 Å². The van der Waals surface area contributed by atoms with Crippen molar-refractivity contribution in [2.24, 2.45) is 11.8 Å². The first-order valence-electron chi connectivity index (χ1n) is 4.12. The Bertz CT molecular complexity index is 206. The molecule has 0 aliphatic carbocycles. The van der Waals surface area contributed by atoms with Crippen LogP contribution >= 0.6 is 22.6 Å². The van der Waals surface area contributed by atoms with Crippen LogP contribution in [0.1, 0.15) is 6.92 Å². The maximum atomic E-state index is 11.2. The maximum absolute atomic E-state index is 11.2. The summed E-state index contributed by atoms with van der Waals surface area (Å²) in [4.78, 5) is 11.2. The Hall–Kier alpha value is 0.160. The van der Waals surface area contributed by atoms with Gasteiger partial charge in [0.05, 0.1) is 18.6 Å². The Morgan fingerprint density at radius 3 is 3.08 bits per heavy atom. The first kappa shape index (κ1) is 8.74. The molecule has 0 spiro atoms. The molecule has 2 aliphatic rings. The van der Waals surface area contributed by atoms with Crippen molar-refractivity contribution in [1.29, 1.82) is 0 Å². The minimum Gasteiger partial charge on any atom is -0.459 e. The van der Waals surface area contributed by atoms with Gasteiger partial charge < -0.3 is 9.47 Å². The molecule has 0 bridgehead atoms. The van der Waals surface area contributed by atoms with Crippen LogP contribution in [-0.4, -0.2) is 29.2 Å². The summed E-state index contributed by atoms with van der Waals surface area (Å²) in [6.07, 6.45) is 0.254. The number of fused-ring (bicyclic) bond motifs is 1. The van der Waals surface area contributed by atoms with E-state index >= 15 is 0 Å². The number of alkyl halides is 1. The zero-order valence-corrected chi connectivity index (χ0v) is 8.98. The lowest BCUT2D eigenvalue weighted by atomic mass is 9.90. The third-order valence-electron chi connectivity index (χ3n) is 2.70. The highest BCUT2D eigenvalue weighted by molar-refractivity contribution is 14.1. The van der Waals surface area contributed by atoms with Gasteiger partial charge in [-0.2, -0.15) is 0 Å². The van der Waals surface area contributed by atoms with Gasteiger partial charge in [0.25, 0.3) is 0 Å². The molecule has 2 rings (SSSR count). The molecular formula is C8H11IO3. The lowest BCUT2D eigenvalue weighted by Crippen LogP contribution is -2.26. The number of carbonyl (C=O) groups is 1. The van der Waals surface area contributed by atoms with Gasteiger partial charge in [-0.25, -0.2) is 0 Å². The van der Waals surface area contributed by atoms with Crippen molar-refractivity contribution < 1.29 is 14.3 Å². The number of hydrogen-bond acceptors (Lipinski definition) is 3. The Balaban J connectivity index is 2.15. The van der Waals surface area contributed by atoms with Crippen LogP contribution < -0.4 is 0 Å². The van der Waals surface area contributed by atoms with Gasteiger partial charge in [-0.15, -0.1) is 0 Å². The quantitative estimate of drug-likeness (QED) is 0.409. The molecule has 0 N–H and O–H groups in total. The summed E-state index contributed by atoms with van der Waals surface area (Å²) in [6, 6.07) is 0. The van der Waals surface area contributed by atoms with E-state index in [-0.39, 0.29) is 24.1 Å². The smallest absolute Gasteiger partial charge is 0.309 e. The van der Waals surface area contributed by atoms with E-state index in [1.165, 1.54) is 0 Å². The van der Waals surface area contributed by atoms with Gasteiger partial charge in [-0.3, -0.25) is 4.79 Å². The number of halogens is 1. The van der Waals surface area contributed by atoms with Crippen LogP contribution in [0.2, 0.25) is 0 Å². The molecule has 0 aromatic rings. The normalized spacial score (nSPS) is 46.0. The topological polar surface area (TPSA) is 35.5 Å². The second-order valence-electron chi connectivity index (χ2n) is 3.37. The van der Waals surface area contributed by atoms with Crippen LogP contribution in [0.15, 0.2) is 0 Å². The van der Waals surface area contributed by atoms with Crippen molar-refractivity contribution in [3.05, 3.63) is 0 Å². The Labute approximate surface area is 84.9 Å². The number of carbonyl (C=O) groups excluding carboxylic acids is 1. The van der Waals surface area contributed by atoms with Gasteiger partial charge in [0.2, 0.25) is 0 Å². The monoisotopic (exact) mass is 282 g/mol. The number of ether oxygens (including phenoxy) is 2. The Kier molecular flexibility index (Phi) is 2.29. The molecule has 0 radical (unpaired) electrons. The number of rotatable bonds is 1. The van der Waals surface area contributed by atoms with Crippen molar-refractivity contribution in [2.45, 2.75) is 19.1 Å². The lowest BCUT2D eigenvalue weighted by molar-refractivity contribution is -0.145. The Morgan fingerprint density at radius 2 is 2.42 bits per heavy atom. The lowest BCUT2D eigenvalue weighted by Gasteiger charge is -2.14. The molecule has 2 aliphatic heterocycles. The molecule has 2 fully saturated rings. The summed E-state index contributed by atoms with van der Waals surface area (Å²) in [5.74, 6) is 0.273. The third kappa shape index (κ3) is 1.16. The van der Waals surface area contributed by atoms with Crippen LogP contribution in [0.3, 0.4) is 0 Å². The molecule has 0 aromatic carbocycles. The van der Waals surface area contributed by atoms with E-state index in [1.807, 2.05) is 6.92 Å². The number of esters is 1. The Morgan fingerprint density at radius 1 is 1.67 bits per heavy atom. The molecule has 0 saturated carbocycles. The van der Waals surface area contributed by atoms with Crippen molar-refractivity contribution >= 4 is 28.6 Å². The first-order chi connectivity index (χ1) is 5.74. The van der Waals surface area contributed by atoms with Gasteiger partial charge in [-0.05, 0) is 0 Å². The molecule has 4 heteroatoms. The summed E-state index contributed by atoms with van der Waals surface area (Å²) in [5, 5.41) is 0. The highest BCUT2D eigenvalue weighted by Gasteiger charge is 2.50. The molecule has 0 unspecified atom stereocenters. The van der Waals surface area contributed by atoms with Crippen LogP contribution in [0.5, 0.6) is 0 Å². The van der Waals surface area contributed by atoms with Gasteiger partial charge in [0.1, 0.15) is 6.10 Å². The SMILES string of the molecule is C[C@@H]1C(=O)O[C@@H]2CO[C@@H](CI)[C@H]12. The standard InChI is InChI=1S/C8H11IO3/c1-4-7-5(2-9)11-3-6(7)12-8(4)10/h4-7H,2-3H2,1H3/t4-,5-,6+,7-/m0/s1. The molecule has 0 amide bonds. The first-order valence-corrected chi connectivity index (χ1v) is 5.64. The van der Waals surface area contributed by atoms with Gasteiger partial charge >= 0.3 is 5.97 Å². The summed E-state index contributed by atoms with van der Waals surface area (Å²) in [6.45, 7) is 2.52. The van der Waals surface area contributed by atoms with Gasteiger partial charge in [-0.1, -0.05) is 29.5 Å². The van der Waals surface area contributed by atoms with Crippen LogP contribution in [0, 0.1) is 11.8 Å². The van der Waals surface area contributed by atoms with E-state index in [2.05, 4.69) is 22.6 Å². The van der Waals surface area contributed by atoms with E-state index < -0.39 is 0 Å². The molecule has 4 atom stereocenters. The third-order valence-corrected chi connectivity index (χ3v) is 3.57. The second kappa shape index (κ2) is 3.14. The zero-order chi connectivity index (χ0) is 8.72. The van der Waals surface area contributed by atoms with Crippen molar-refractivity contribution in [3.63, 3.8) is 0 Å². The molecular weight excluding hydrogens is 271 g/mol. The summed E-state index contributed by atoms with van der Waals surface area (Å²) in [5.41, 5.74) is 0. The molecule has 12 heavy (non-hydrogen) atoms. The minimum absolute atomic E-state index is 0.0252. The van der Waals surface area contributed by atoms with E-state index in [0.717, 1.165) is 4.43 Å². The summed E-state index contributed by atoms with van der Waals surface area (Å²) < 4.78 is 11.6. The van der Waals surface area contributed by atoms with Gasteiger partial charge in [0, 0.05) is 10.3 Å². The largest absolute Gasteiger partial charge is 0.459 e. The van der Waals surface area contributed by atoms with E-state index in [9.17, 15) is 4.79 Å². The summed E-state index contributed by atoms with van der Waals surface area (Å²) >= 11 is 2.29. The molecule has 68 valence electrons. The van der Waals surface area contributed by atoms with Crippen LogP contribution in [-0.2, 0) is 14.3 Å². The summed E-state index contributed by atoms with van der Waals surface area (Å²) in [7, 11) is 0. The van der Waals surface area contributed by atoms with Crippen LogP contribution in [0.4, 0.5) is 0 Å². The highest BCUT2D eigenvalue weighted by Crippen LogP contribution is 2.37. The van der Waals surface area contributed by atoms with Crippen molar-refractivity contribution in [3.8, 4) is 0 Å². The second-order valence-corrected chi connectivity index (χ2v) is 4.25. The van der Waals surface area contributed by atoms with E-state index in [0.29, 0.717) is 12.5 Å². The van der Waals surface area contributed by atoms with Crippen LogP contribution in [0.25, 0.3) is 0 Å². The average Bonchev–Trinajstić information content (AvgIpc) is 2.55. The predicted molar refractivity (Wildman–Crippen MR) is 51.2 cm³/mol. The minimum atomic E-state index is -0.0526. The zero-order valence-electron chi connectivity index (χ0n) is 6.83. The molecule has 2 heterocycles. The molecule has 2 saturated heterocycles. The van der Waals surface area contributed by atoms with E-state index in [1.54, 1.807) is 0 Å². The average molecular weight is 282 g/mol.